The Hall–Kier alpha value is -4.20. The molecule has 8 nitrogen and oxygen atoms in total. The monoisotopic (exact) mass is 413 g/mol. The van der Waals surface area contributed by atoms with Crippen molar-refractivity contribution in [2.75, 3.05) is 18.1 Å². The van der Waals surface area contributed by atoms with Crippen LogP contribution in [0.15, 0.2) is 73.1 Å². The lowest BCUT2D eigenvalue weighted by Gasteiger charge is -2.14. The summed E-state index contributed by atoms with van der Waals surface area (Å²) in [6.45, 7) is 1.21. The van der Waals surface area contributed by atoms with Gasteiger partial charge in [0.15, 0.2) is 5.65 Å². The van der Waals surface area contributed by atoms with Crippen molar-refractivity contribution in [1.29, 1.82) is 0 Å². The van der Waals surface area contributed by atoms with Crippen molar-refractivity contribution in [3.05, 3.63) is 84.2 Å². The van der Waals surface area contributed by atoms with Crippen LogP contribution in [0.5, 0.6) is 0 Å². The van der Waals surface area contributed by atoms with E-state index in [2.05, 4.69) is 15.4 Å². The van der Waals surface area contributed by atoms with Crippen LogP contribution in [0, 0.1) is 0 Å². The van der Waals surface area contributed by atoms with Gasteiger partial charge in [-0.25, -0.2) is 14.3 Å². The number of rotatable bonds is 5. The number of amides is 2. The first-order chi connectivity index (χ1) is 15.2. The number of cyclic esters (lactones) is 1. The molecule has 1 aliphatic heterocycles. The third-order valence-corrected chi connectivity index (χ3v) is 5.15. The van der Waals surface area contributed by atoms with Crippen molar-refractivity contribution in [3.63, 3.8) is 0 Å². The lowest BCUT2D eigenvalue weighted by molar-refractivity contribution is 0.0952. The lowest BCUT2D eigenvalue weighted by atomic mass is 10.1. The summed E-state index contributed by atoms with van der Waals surface area (Å²) in [6, 6.07) is 19.2. The van der Waals surface area contributed by atoms with E-state index in [0.29, 0.717) is 30.9 Å². The molecule has 31 heavy (non-hydrogen) atoms. The van der Waals surface area contributed by atoms with Crippen LogP contribution in [-0.4, -0.2) is 39.8 Å². The molecule has 1 aliphatic rings. The van der Waals surface area contributed by atoms with Crippen LogP contribution in [0.2, 0.25) is 0 Å². The molecule has 3 heterocycles. The molecule has 5 rings (SSSR count). The first-order valence-corrected chi connectivity index (χ1v) is 9.90. The van der Waals surface area contributed by atoms with E-state index in [1.165, 1.54) is 6.20 Å². The first-order valence-electron chi connectivity index (χ1n) is 9.90. The van der Waals surface area contributed by atoms with Crippen molar-refractivity contribution in [2.45, 2.75) is 6.54 Å². The van der Waals surface area contributed by atoms with E-state index < -0.39 is 0 Å². The molecule has 2 aromatic carbocycles. The van der Waals surface area contributed by atoms with Crippen LogP contribution >= 0.6 is 0 Å². The van der Waals surface area contributed by atoms with Gasteiger partial charge in [0.1, 0.15) is 12.2 Å². The molecule has 4 aromatic rings. The molecule has 2 aromatic heterocycles. The van der Waals surface area contributed by atoms with Gasteiger partial charge in [0.2, 0.25) is 0 Å². The van der Waals surface area contributed by atoms with E-state index in [1.807, 2.05) is 60.7 Å². The Morgan fingerprint density at radius 1 is 1.10 bits per heavy atom. The van der Waals surface area contributed by atoms with E-state index >= 15 is 0 Å². The Labute approximate surface area is 178 Å². The smallest absolute Gasteiger partial charge is 0.414 e. The maximum absolute atomic E-state index is 12.8. The van der Waals surface area contributed by atoms with Gasteiger partial charge >= 0.3 is 6.09 Å². The molecular formula is C23H19N5O3. The highest BCUT2D eigenvalue weighted by Gasteiger charge is 2.23. The first kappa shape index (κ1) is 18.8. The highest BCUT2D eigenvalue weighted by Crippen LogP contribution is 2.22. The van der Waals surface area contributed by atoms with Gasteiger partial charge in [-0.2, -0.15) is 5.10 Å². The summed E-state index contributed by atoms with van der Waals surface area (Å²) >= 11 is 0. The van der Waals surface area contributed by atoms with Crippen LogP contribution < -0.4 is 10.2 Å². The molecule has 8 heteroatoms. The molecule has 0 bridgehead atoms. The Morgan fingerprint density at radius 2 is 1.97 bits per heavy atom. The average molecular weight is 413 g/mol. The quantitative estimate of drug-likeness (QED) is 0.542. The number of fused-ring (bicyclic) bond motifs is 1. The molecular weight excluding hydrogens is 394 g/mol. The van der Waals surface area contributed by atoms with Crippen molar-refractivity contribution in [1.82, 2.24) is 19.9 Å². The topological polar surface area (TPSA) is 88.8 Å². The van der Waals surface area contributed by atoms with E-state index in [4.69, 9.17) is 4.74 Å². The maximum Gasteiger partial charge on any atom is 0.414 e. The van der Waals surface area contributed by atoms with Gasteiger partial charge in [-0.3, -0.25) is 9.69 Å². The molecule has 1 fully saturated rings. The molecule has 154 valence electrons. The Morgan fingerprint density at radius 3 is 2.77 bits per heavy atom. The van der Waals surface area contributed by atoms with Gasteiger partial charge < -0.3 is 10.1 Å². The second-order valence-electron chi connectivity index (χ2n) is 7.11. The van der Waals surface area contributed by atoms with Crippen molar-refractivity contribution >= 4 is 23.3 Å². The minimum atomic E-state index is -0.354. The maximum atomic E-state index is 12.8. The minimum Gasteiger partial charge on any atom is -0.447 e. The molecule has 1 N–H and O–H groups in total. The highest BCUT2D eigenvalue weighted by molar-refractivity contribution is 5.99. The summed E-state index contributed by atoms with van der Waals surface area (Å²) in [5.74, 6) is -0.265. The number of anilines is 1. The fraction of sp³-hybridized carbons (Fsp3) is 0.130. The van der Waals surface area contributed by atoms with E-state index in [1.54, 1.807) is 15.6 Å². The van der Waals surface area contributed by atoms with Crippen molar-refractivity contribution < 1.29 is 14.3 Å². The number of nitrogens with one attached hydrogen (secondary N) is 1. The van der Waals surface area contributed by atoms with Crippen LogP contribution in [-0.2, 0) is 11.3 Å². The summed E-state index contributed by atoms with van der Waals surface area (Å²) in [4.78, 5) is 30.6. The Bertz CT molecular complexity index is 1270. The summed E-state index contributed by atoms with van der Waals surface area (Å²) in [6.07, 6.45) is 2.85. The fourth-order valence-electron chi connectivity index (χ4n) is 3.62. The number of aromatic nitrogens is 3. The summed E-state index contributed by atoms with van der Waals surface area (Å²) in [5.41, 5.74) is 4.36. The number of nitrogens with zero attached hydrogens (tertiary/aromatic N) is 4. The average Bonchev–Trinajstić information content (AvgIpc) is 3.44. The largest absolute Gasteiger partial charge is 0.447 e. The van der Waals surface area contributed by atoms with Gasteiger partial charge in [-0.15, -0.1) is 0 Å². The number of benzene rings is 2. The minimum absolute atomic E-state index is 0.265. The van der Waals surface area contributed by atoms with Gasteiger partial charge in [-0.1, -0.05) is 42.5 Å². The van der Waals surface area contributed by atoms with E-state index in [0.717, 1.165) is 22.5 Å². The molecule has 1 saturated heterocycles. The third kappa shape index (κ3) is 3.59. The number of ether oxygens (including phenoxy) is 1. The second kappa shape index (κ2) is 7.91. The fourth-order valence-corrected chi connectivity index (χ4v) is 3.62. The van der Waals surface area contributed by atoms with Crippen LogP contribution in [0.1, 0.15) is 15.9 Å². The van der Waals surface area contributed by atoms with Gasteiger partial charge in [-0.05, 0) is 23.8 Å². The zero-order valence-corrected chi connectivity index (χ0v) is 16.6. The molecule has 0 radical (unpaired) electrons. The predicted molar refractivity (Wildman–Crippen MR) is 115 cm³/mol. The number of carbonyl (C=O) groups is 2. The molecule has 0 saturated carbocycles. The zero-order valence-electron chi connectivity index (χ0n) is 16.6. The van der Waals surface area contributed by atoms with Gasteiger partial charge in [0.25, 0.3) is 5.91 Å². The van der Waals surface area contributed by atoms with Crippen LogP contribution in [0.3, 0.4) is 0 Å². The number of carbonyl (C=O) groups excluding carboxylic acids is 2. The normalized spacial score (nSPS) is 13.4. The third-order valence-electron chi connectivity index (χ3n) is 5.15. The SMILES string of the molecule is O=C(NCc1cccc(N2CCOC2=O)c1)c1cnn2c(-c3ccccc3)ccnc12. The molecule has 0 atom stereocenters. The number of hydrogen-bond donors (Lipinski definition) is 1. The Kier molecular flexibility index (Phi) is 4.80. The molecule has 2 amide bonds. The van der Waals surface area contributed by atoms with Crippen LogP contribution in [0.4, 0.5) is 10.5 Å². The molecule has 0 unspecified atom stereocenters. The van der Waals surface area contributed by atoms with Crippen LogP contribution in [0.25, 0.3) is 16.9 Å². The van der Waals surface area contributed by atoms with E-state index in [-0.39, 0.29) is 12.0 Å². The van der Waals surface area contributed by atoms with Gasteiger partial charge in [0, 0.05) is 24.0 Å². The van der Waals surface area contributed by atoms with E-state index in [9.17, 15) is 9.59 Å². The van der Waals surface area contributed by atoms with Crippen molar-refractivity contribution in [3.8, 4) is 11.3 Å². The number of hydrogen-bond acceptors (Lipinski definition) is 5. The Balaban J connectivity index is 1.35. The van der Waals surface area contributed by atoms with Crippen molar-refractivity contribution in [2.24, 2.45) is 0 Å². The predicted octanol–water partition coefficient (Wildman–Crippen LogP) is 3.28. The zero-order chi connectivity index (χ0) is 21.2. The summed E-state index contributed by atoms with van der Waals surface area (Å²) in [5, 5.41) is 7.30. The standard InChI is InChI=1S/C23H19N5O3/c29-22(25-14-16-5-4-8-18(13-16)27-11-12-31-23(27)30)19-15-26-28-20(9-10-24-21(19)28)17-6-2-1-3-7-17/h1-10,13,15H,11-12,14H2,(H,25,29). The van der Waals surface area contributed by atoms with Gasteiger partial charge in [0.05, 0.1) is 18.4 Å². The lowest BCUT2D eigenvalue weighted by Crippen LogP contribution is -2.25. The second-order valence-corrected chi connectivity index (χ2v) is 7.11. The summed E-state index contributed by atoms with van der Waals surface area (Å²) < 4.78 is 6.66. The molecule has 0 aliphatic carbocycles. The summed E-state index contributed by atoms with van der Waals surface area (Å²) in [7, 11) is 0. The molecule has 0 spiro atoms. The highest BCUT2D eigenvalue weighted by atomic mass is 16.6.